The number of ether oxygens (including phenoxy) is 1. The second-order valence-electron chi connectivity index (χ2n) is 5.85. The van der Waals surface area contributed by atoms with Crippen molar-refractivity contribution < 1.29 is 14.3 Å². The molecule has 3 rings (SSSR count). The minimum atomic E-state index is -0.484. The van der Waals surface area contributed by atoms with Crippen molar-refractivity contribution >= 4 is 23.6 Å². The quantitative estimate of drug-likeness (QED) is 0.561. The predicted octanol–water partition coefficient (Wildman–Crippen LogP) is 1.70. The lowest BCUT2D eigenvalue weighted by molar-refractivity contribution is -0.155. The molecule has 0 radical (unpaired) electrons. The number of benzene rings is 1. The Bertz CT molecular complexity index is 752. The van der Waals surface area contributed by atoms with Crippen molar-refractivity contribution in [2.45, 2.75) is 37.4 Å². The van der Waals surface area contributed by atoms with Crippen LogP contribution in [0.3, 0.4) is 0 Å². The Kier molecular flexibility index (Phi) is 6.21. The Balaban J connectivity index is 1.65. The maximum atomic E-state index is 12.7. The molecule has 2 heterocycles. The van der Waals surface area contributed by atoms with Gasteiger partial charge in [-0.2, -0.15) is 4.68 Å². The lowest BCUT2D eigenvalue weighted by atomic mass is 10.0. The Morgan fingerprint density at radius 2 is 2.08 bits per heavy atom. The maximum Gasteiger partial charge on any atom is 0.328 e. The summed E-state index contributed by atoms with van der Waals surface area (Å²) in [6, 6.07) is 9.01. The second kappa shape index (κ2) is 8.79. The highest BCUT2D eigenvalue weighted by molar-refractivity contribution is 7.99. The van der Waals surface area contributed by atoms with Crippen molar-refractivity contribution in [3.63, 3.8) is 0 Å². The van der Waals surface area contributed by atoms with E-state index in [-0.39, 0.29) is 17.6 Å². The molecule has 1 saturated heterocycles. The van der Waals surface area contributed by atoms with Crippen molar-refractivity contribution in [3.05, 3.63) is 30.3 Å². The van der Waals surface area contributed by atoms with Crippen molar-refractivity contribution in [1.82, 2.24) is 25.1 Å². The van der Waals surface area contributed by atoms with Crippen molar-refractivity contribution in [2.24, 2.45) is 0 Å². The number of amides is 1. The predicted molar refractivity (Wildman–Crippen MR) is 95.9 cm³/mol. The average Bonchev–Trinajstić information content (AvgIpc) is 3.15. The number of likely N-dealkylation sites (tertiary alicyclic amines) is 1. The van der Waals surface area contributed by atoms with Crippen LogP contribution in [0.15, 0.2) is 35.5 Å². The van der Waals surface area contributed by atoms with E-state index in [2.05, 4.69) is 15.5 Å². The molecular weight excluding hydrogens is 354 g/mol. The summed E-state index contributed by atoms with van der Waals surface area (Å²) in [6.07, 6.45) is 2.47. The van der Waals surface area contributed by atoms with Crippen LogP contribution in [0.25, 0.3) is 5.69 Å². The molecule has 8 nitrogen and oxygen atoms in total. The summed E-state index contributed by atoms with van der Waals surface area (Å²) in [4.78, 5) is 26.4. The maximum absolute atomic E-state index is 12.7. The first kappa shape index (κ1) is 18.4. The molecule has 0 aliphatic carbocycles. The van der Waals surface area contributed by atoms with Crippen LogP contribution in [-0.2, 0) is 14.3 Å². The Morgan fingerprint density at radius 1 is 1.27 bits per heavy atom. The number of hydrogen-bond acceptors (Lipinski definition) is 7. The highest BCUT2D eigenvalue weighted by Crippen LogP contribution is 2.22. The third-order valence-electron chi connectivity index (χ3n) is 4.15. The summed E-state index contributed by atoms with van der Waals surface area (Å²) < 4.78 is 6.71. The van der Waals surface area contributed by atoms with Gasteiger partial charge in [-0.25, -0.2) is 4.79 Å². The summed E-state index contributed by atoms with van der Waals surface area (Å²) in [5.41, 5.74) is 0.829. The van der Waals surface area contributed by atoms with E-state index in [1.807, 2.05) is 30.3 Å². The molecule has 138 valence electrons. The number of piperidine rings is 1. The van der Waals surface area contributed by atoms with Crippen molar-refractivity contribution in [2.75, 3.05) is 18.9 Å². The number of aromatic nitrogens is 4. The first-order valence-electron chi connectivity index (χ1n) is 8.63. The van der Waals surface area contributed by atoms with Gasteiger partial charge in [-0.15, -0.1) is 5.10 Å². The molecule has 1 aromatic heterocycles. The minimum absolute atomic E-state index is 0.102. The van der Waals surface area contributed by atoms with Gasteiger partial charge in [0.1, 0.15) is 6.04 Å². The number of carbonyl (C=O) groups excluding carboxylic acids is 2. The molecule has 1 fully saturated rings. The zero-order valence-corrected chi connectivity index (χ0v) is 15.4. The van der Waals surface area contributed by atoms with E-state index < -0.39 is 6.04 Å². The van der Waals surface area contributed by atoms with E-state index in [0.29, 0.717) is 24.7 Å². The van der Waals surface area contributed by atoms with Crippen LogP contribution < -0.4 is 0 Å². The van der Waals surface area contributed by atoms with Crippen LogP contribution in [0.5, 0.6) is 0 Å². The first-order chi connectivity index (χ1) is 12.7. The van der Waals surface area contributed by atoms with Gasteiger partial charge in [-0.1, -0.05) is 30.0 Å². The van der Waals surface area contributed by atoms with Gasteiger partial charge >= 0.3 is 5.97 Å². The van der Waals surface area contributed by atoms with Gasteiger partial charge in [-0.3, -0.25) is 4.79 Å². The highest BCUT2D eigenvalue weighted by atomic mass is 32.2. The van der Waals surface area contributed by atoms with Crippen LogP contribution >= 0.6 is 11.8 Å². The molecule has 0 unspecified atom stereocenters. The molecule has 9 heteroatoms. The van der Waals surface area contributed by atoms with Crippen LogP contribution in [0.1, 0.15) is 26.2 Å². The lowest BCUT2D eigenvalue weighted by Gasteiger charge is -2.33. The van der Waals surface area contributed by atoms with E-state index in [1.54, 1.807) is 16.5 Å². The fraction of sp³-hybridized carbons (Fsp3) is 0.471. The van der Waals surface area contributed by atoms with E-state index in [1.165, 1.54) is 11.8 Å². The largest absolute Gasteiger partial charge is 0.464 e. The summed E-state index contributed by atoms with van der Waals surface area (Å²) in [6.45, 7) is 2.66. The van der Waals surface area contributed by atoms with Gasteiger partial charge in [0.05, 0.1) is 18.0 Å². The summed E-state index contributed by atoms with van der Waals surface area (Å²) in [5, 5.41) is 12.2. The fourth-order valence-electron chi connectivity index (χ4n) is 2.92. The number of thioether (sulfide) groups is 1. The molecule has 26 heavy (non-hydrogen) atoms. The topological polar surface area (TPSA) is 90.2 Å². The molecule has 1 amide bonds. The Morgan fingerprint density at radius 3 is 2.85 bits per heavy atom. The summed E-state index contributed by atoms with van der Waals surface area (Å²) in [5.74, 6) is -0.252. The zero-order chi connectivity index (χ0) is 18.4. The third kappa shape index (κ3) is 4.21. The van der Waals surface area contributed by atoms with Crippen molar-refractivity contribution in [1.29, 1.82) is 0 Å². The molecule has 0 bridgehead atoms. The highest BCUT2D eigenvalue weighted by Gasteiger charge is 2.33. The molecule has 1 aliphatic heterocycles. The average molecular weight is 375 g/mol. The molecular formula is C17H21N5O3S. The van der Waals surface area contributed by atoms with Crippen LogP contribution in [0.2, 0.25) is 0 Å². The molecule has 0 N–H and O–H groups in total. The smallest absolute Gasteiger partial charge is 0.328 e. The fourth-order valence-corrected chi connectivity index (χ4v) is 3.70. The van der Waals surface area contributed by atoms with Crippen molar-refractivity contribution in [3.8, 4) is 5.69 Å². The van der Waals surface area contributed by atoms with Crippen LogP contribution in [0.4, 0.5) is 0 Å². The van der Waals surface area contributed by atoms with Gasteiger partial charge < -0.3 is 9.64 Å². The molecule has 1 aliphatic rings. The van der Waals surface area contributed by atoms with Gasteiger partial charge in [0.25, 0.3) is 0 Å². The Hall–Kier alpha value is -2.42. The SMILES string of the molecule is CCOC(=O)[C@H]1CCCCN1C(=O)CSc1nnnn1-c1ccccc1. The van der Waals surface area contributed by atoms with Gasteiger partial charge in [0.15, 0.2) is 0 Å². The third-order valence-corrected chi connectivity index (χ3v) is 5.05. The monoisotopic (exact) mass is 375 g/mol. The number of tetrazole rings is 1. The Labute approximate surface area is 155 Å². The first-order valence-corrected chi connectivity index (χ1v) is 9.62. The number of esters is 1. The number of nitrogens with zero attached hydrogens (tertiary/aromatic N) is 5. The number of para-hydroxylation sites is 1. The van der Waals surface area contributed by atoms with E-state index in [4.69, 9.17) is 4.74 Å². The molecule has 0 saturated carbocycles. The lowest BCUT2D eigenvalue weighted by Crippen LogP contribution is -2.49. The number of hydrogen-bond donors (Lipinski definition) is 0. The van der Waals surface area contributed by atoms with Gasteiger partial charge in [0.2, 0.25) is 11.1 Å². The van der Waals surface area contributed by atoms with Crippen LogP contribution in [0, 0.1) is 0 Å². The van der Waals surface area contributed by atoms with Crippen LogP contribution in [-0.4, -0.2) is 61.9 Å². The second-order valence-corrected chi connectivity index (χ2v) is 6.79. The van der Waals surface area contributed by atoms with E-state index in [9.17, 15) is 9.59 Å². The van der Waals surface area contributed by atoms with Gasteiger partial charge in [-0.05, 0) is 48.7 Å². The summed E-state index contributed by atoms with van der Waals surface area (Å²) >= 11 is 1.26. The molecule has 2 aromatic rings. The standard InChI is InChI=1S/C17H21N5O3S/c1-2-25-16(24)14-10-6-7-11-21(14)15(23)12-26-17-18-19-20-22(17)13-8-4-3-5-9-13/h3-5,8-9,14H,2,6-7,10-12H2,1H3/t14-/m1/s1. The van der Waals surface area contributed by atoms with E-state index >= 15 is 0 Å². The molecule has 1 aromatic carbocycles. The molecule has 1 atom stereocenters. The number of rotatable bonds is 6. The van der Waals surface area contributed by atoms with E-state index in [0.717, 1.165) is 18.5 Å². The number of carbonyl (C=O) groups is 2. The zero-order valence-electron chi connectivity index (χ0n) is 14.6. The minimum Gasteiger partial charge on any atom is -0.464 e. The summed E-state index contributed by atoms with van der Waals surface area (Å²) in [7, 11) is 0. The molecule has 0 spiro atoms. The van der Waals surface area contributed by atoms with Gasteiger partial charge in [0, 0.05) is 6.54 Å². The normalized spacial score (nSPS) is 17.1.